The lowest BCUT2D eigenvalue weighted by Crippen LogP contribution is -2.12. The number of non-ortho nitro benzene ring substituents is 1. The van der Waals surface area contributed by atoms with Gasteiger partial charge in [-0.3, -0.25) is 19.6 Å². The van der Waals surface area contributed by atoms with Gasteiger partial charge in [0.2, 0.25) is 0 Å². The molecule has 34 heavy (non-hydrogen) atoms. The Labute approximate surface area is 211 Å². The number of ether oxygens (including phenoxy) is 1. The molecule has 0 saturated heterocycles. The topological polar surface area (TPSA) is 112 Å². The minimum atomic E-state index is -0.549. The van der Waals surface area contributed by atoms with Gasteiger partial charge in [0.25, 0.3) is 11.6 Å². The Hall–Kier alpha value is -3.34. The Balaban J connectivity index is 1.39. The maximum atomic E-state index is 12.6. The normalized spacial score (nSPS) is 10.8. The number of nitrogens with zero attached hydrogens (tertiary/aromatic N) is 3. The Bertz CT molecular complexity index is 1370. The minimum Gasteiger partial charge on any atom is -0.484 e. The van der Waals surface area contributed by atoms with Crippen molar-refractivity contribution in [1.82, 2.24) is 9.78 Å². The van der Waals surface area contributed by atoms with Crippen molar-refractivity contribution in [3.63, 3.8) is 0 Å². The first-order valence-corrected chi connectivity index (χ1v) is 11.3. The number of furan rings is 1. The van der Waals surface area contributed by atoms with Gasteiger partial charge in [0, 0.05) is 17.3 Å². The van der Waals surface area contributed by atoms with E-state index >= 15 is 0 Å². The molecule has 0 bridgehead atoms. The summed E-state index contributed by atoms with van der Waals surface area (Å²) in [5, 5.41) is 18.8. The van der Waals surface area contributed by atoms with Crippen molar-refractivity contribution < 1.29 is 18.9 Å². The van der Waals surface area contributed by atoms with Crippen LogP contribution in [0.25, 0.3) is 0 Å². The molecule has 9 nitrogen and oxygen atoms in total. The number of anilines is 1. The highest BCUT2D eigenvalue weighted by Gasteiger charge is 2.17. The lowest BCUT2D eigenvalue weighted by atomic mass is 10.2. The second kappa shape index (κ2) is 10.3. The van der Waals surface area contributed by atoms with Crippen LogP contribution in [-0.2, 0) is 13.2 Å². The largest absolute Gasteiger partial charge is 0.484 e. The van der Waals surface area contributed by atoms with Crippen LogP contribution in [0, 0.1) is 10.1 Å². The van der Waals surface area contributed by atoms with E-state index in [1.807, 2.05) is 18.2 Å². The maximum Gasteiger partial charge on any atom is 0.292 e. The van der Waals surface area contributed by atoms with E-state index in [1.165, 1.54) is 24.3 Å². The van der Waals surface area contributed by atoms with E-state index in [2.05, 4.69) is 26.3 Å². The summed E-state index contributed by atoms with van der Waals surface area (Å²) in [5.74, 6) is 0.302. The molecule has 0 atom stereocenters. The SMILES string of the molecule is O=C(Nc1nn(Cc2ccccc2Cl)cc1Br)c1ccc(COc2cc([N+](=O)[O-])ccc2Cl)o1. The van der Waals surface area contributed by atoms with Crippen LogP contribution in [0.1, 0.15) is 21.9 Å². The minimum absolute atomic E-state index is 0.0382. The van der Waals surface area contributed by atoms with E-state index in [4.69, 9.17) is 32.4 Å². The van der Waals surface area contributed by atoms with Crippen LogP contribution in [0.4, 0.5) is 11.5 Å². The number of halogens is 3. The van der Waals surface area contributed by atoms with Crippen LogP contribution in [0.5, 0.6) is 5.75 Å². The van der Waals surface area contributed by atoms with Crippen LogP contribution < -0.4 is 10.1 Å². The number of aromatic nitrogens is 2. The number of nitro groups is 1. The first-order valence-electron chi connectivity index (χ1n) is 9.73. The summed E-state index contributed by atoms with van der Waals surface area (Å²) in [4.78, 5) is 23.0. The molecule has 0 radical (unpaired) electrons. The highest BCUT2D eigenvalue weighted by Crippen LogP contribution is 2.30. The number of amides is 1. The highest BCUT2D eigenvalue weighted by atomic mass is 79.9. The molecule has 0 unspecified atom stereocenters. The molecule has 0 spiro atoms. The van der Waals surface area contributed by atoms with E-state index in [0.717, 1.165) is 5.56 Å². The van der Waals surface area contributed by atoms with E-state index in [9.17, 15) is 14.9 Å². The first-order chi connectivity index (χ1) is 16.3. The molecule has 174 valence electrons. The lowest BCUT2D eigenvalue weighted by Gasteiger charge is -2.06. The van der Waals surface area contributed by atoms with Crippen LogP contribution in [0.3, 0.4) is 0 Å². The van der Waals surface area contributed by atoms with Crippen molar-refractivity contribution in [3.05, 3.63) is 103 Å². The summed E-state index contributed by atoms with van der Waals surface area (Å²) in [5.41, 5.74) is 0.732. The molecule has 4 rings (SSSR count). The van der Waals surface area contributed by atoms with Gasteiger partial charge in [-0.05, 0) is 45.8 Å². The number of nitrogens with one attached hydrogen (secondary N) is 1. The standard InChI is InChI=1S/C22H15BrCl2N4O5/c23-16-11-28(10-13-3-1-2-4-17(13)24)27-21(16)26-22(30)19-8-6-15(34-19)12-33-20-9-14(29(31)32)5-7-18(20)25/h1-9,11H,10,12H2,(H,26,27,30). The van der Waals surface area contributed by atoms with Gasteiger partial charge in [-0.2, -0.15) is 5.10 Å². The molecule has 0 fully saturated rings. The molecule has 12 heteroatoms. The van der Waals surface area contributed by atoms with Crippen molar-refractivity contribution in [2.75, 3.05) is 5.32 Å². The van der Waals surface area contributed by atoms with E-state index in [-0.39, 0.29) is 28.8 Å². The van der Waals surface area contributed by atoms with Crippen molar-refractivity contribution in [2.24, 2.45) is 0 Å². The van der Waals surface area contributed by atoms with Crippen molar-refractivity contribution in [3.8, 4) is 5.75 Å². The first kappa shape index (κ1) is 23.8. The van der Waals surface area contributed by atoms with Crippen LogP contribution in [0.2, 0.25) is 10.0 Å². The Morgan fingerprint density at radius 1 is 1.18 bits per heavy atom. The van der Waals surface area contributed by atoms with Crippen LogP contribution in [0.15, 0.2) is 69.7 Å². The third kappa shape index (κ3) is 5.58. The Kier molecular flexibility index (Phi) is 7.20. The van der Waals surface area contributed by atoms with Crippen LogP contribution in [-0.4, -0.2) is 20.6 Å². The second-order valence-corrected chi connectivity index (χ2v) is 8.66. The summed E-state index contributed by atoms with van der Waals surface area (Å²) < 4.78 is 13.3. The van der Waals surface area contributed by atoms with Gasteiger partial charge in [0.15, 0.2) is 11.6 Å². The number of benzene rings is 2. The quantitative estimate of drug-likeness (QED) is 0.197. The number of carbonyl (C=O) groups excluding carboxylic acids is 1. The number of hydrogen-bond donors (Lipinski definition) is 1. The maximum absolute atomic E-state index is 12.6. The number of nitro benzene ring substituents is 1. The summed E-state index contributed by atoms with van der Waals surface area (Å²) in [6.45, 7) is 0.348. The predicted octanol–water partition coefficient (Wildman–Crippen LogP) is 6.33. The van der Waals surface area contributed by atoms with Gasteiger partial charge in [-0.25, -0.2) is 0 Å². The molecule has 4 aromatic rings. The number of rotatable bonds is 8. The fourth-order valence-corrected chi connectivity index (χ4v) is 3.76. The van der Waals surface area contributed by atoms with Gasteiger partial charge < -0.3 is 14.5 Å². The van der Waals surface area contributed by atoms with E-state index < -0.39 is 10.8 Å². The fourth-order valence-electron chi connectivity index (χ4n) is 2.98. The summed E-state index contributed by atoms with van der Waals surface area (Å²) in [6.07, 6.45) is 1.73. The lowest BCUT2D eigenvalue weighted by molar-refractivity contribution is -0.384. The zero-order valence-electron chi connectivity index (χ0n) is 17.2. The third-order valence-electron chi connectivity index (χ3n) is 4.62. The zero-order chi connectivity index (χ0) is 24.2. The highest BCUT2D eigenvalue weighted by molar-refractivity contribution is 9.10. The molecule has 1 amide bonds. The molecule has 2 aromatic heterocycles. The van der Waals surface area contributed by atoms with Crippen LogP contribution >= 0.6 is 39.1 Å². The predicted molar refractivity (Wildman–Crippen MR) is 130 cm³/mol. The Morgan fingerprint density at radius 3 is 2.74 bits per heavy atom. The molecule has 2 aromatic carbocycles. The molecular weight excluding hydrogens is 551 g/mol. The number of hydrogen-bond acceptors (Lipinski definition) is 6. The third-order valence-corrected chi connectivity index (χ3v) is 5.88. The van der Waals surface area contributed by atoms with Gasteiger partial charge in [0.05, 0.1) is 27.0 Å². The summed E-state index contributed by atoms with van der Waals surface area (Å²) >= 11 is 15.6. The van der Waals surface area contributed by atoms with Gasteiger partial charge in [0.1, 0.15) is 18.1 Å². The fraction of sp³-hybridized carbons (Fsp3) is 0.0909. The molecule has 1 N–H and O–H groups in total. The molecule has 2 heterocycles. The smallest absolute Gasteiger partial charge is 0.292 e. The summed E-state index contributed by atoms with van der Waals surface area (Å²) in [6, 6.07) is 14.3. The van der Waals surface area contributed by atoms with E-state index in [1.54, 1.807) is 23.0 Å². The Morgan fingerprint density at radius 2 is 1.97 bits per heavy atom. The van der Waals surface area contributed by atoms with Gasteiger partial charge >= 0.3 is 0 Å². The molecule has 0 aliphatic carbocycles. The van der Waals surface area contributed by atoms with E-state index in [0.29, 0.717) is 27.6 Å². The second-order valence-electron chi connectivity index (χ2n) is 7.00. The average molecular weight is 566 g/mol. The van der Waals surface area contributed by atoms with Crippen molar-refractivity contribution in [2.45, 2.75) is 13.2 Å². The molecule has 0 aliphatic rings. The van der Waals surface area contributed by atoms with Crippen molar-refractivity contribution >= 4 is 56.5 Å². The molecular formula is C22H15BrCl2N4O5. The van der Waals surface area contributed by atoms with Crippen molar-refractivity contribution in [1.29, 1.82) is 0 Å². The zero-order valence-corrected chi connectivity index (χ0v) is 20.3. The molecule has 0 saturated carbocycles. The molecule has 0 aliphatic heterocycles. The average Bonchev–Trinajstić information content (AvgIpc) is 3.41. The van der Waals surface area contributed by atoms with Gasteiger partial charge in [-0.1, -0.05) is 41.4 Å². The number of carbonyl (C=O) groups is 1. The summed E-state index contributed by atoms with van der Waals surface area (Å²) in [7, 11) is 0. The monoisotopic (exact) mass is 564 g/mol. The van der Waals surface area contributed by atoms with Gasteiger partial charge in [-0.15, -0.1) is 0 Å².